The third-order valence-electron chi connectivity index (χ3n) is 3.51. The summed E-state index contributed by atoms with van der Waals surface area (Å²) in [5.41, 5.74) is 9.52. The summed E-state index contributed by atoms with van der Waals surface area (Å²) < 4.78 is 10.5. The molecule has 2 aromatic rings. The van der Waals surface area contributed by atoms with Gasteiger partial charge in [0.15, 0.2) is 5.75 Å². The lowest BCUT2D eigenvalue weighted by Gasteiger charge is -2.10. The zero-order valence-electron chi connectivity index (χ0n) is 15.0. The quantitative estimate of drug-likeness (QED) is 0.316. The molecule has 0 fully saturated rings. The minimum atomic E-state index is -0.565. The average Bonchev–Trinajstić information content (AvgIpc) is 2.64. The highest BCUT2D eigenvalue weighted by atomic mass is 16.6. The highest BCUT2D eigenvalue weighted by Gasteiger charge is 2.21. The summed E-state index contributed by atoms with van der Waals surface area (Å²) >= 11 is 0. The third-order valence-corrected chi connectivity index (χ3v) is 3.51. The number of nitrogens with one attached hydrogen (secondary N) is 1. The minimum absolute atomic E-state index is 0.0505. The number of nitrogens with zero attached hydrogens (tertiary/aromatic N) is 2. The first kappa shape index (κ1) is 19.7. The lowest BCUT2D eigenvalue weighted by atomic mass is 10.1. The lowest BCUT2D eigenvalue weighted by molar-refractivity contribution is -0.385. The van der Waals surface area contributed by atoms with Crippen LogP contribution in [0.1, 0.15) is 18.1 Å². The Kier molecular flexibility index (Phi) is 6.70. The molecule has 0 aliphatic rings. The van der Waals surface area contributed by atoms with Crippen LogP contribution >= 0.6 is 0 Å². The van der Waals surface area contributed by atoms with Gasteiger partial charge in [-0.25, -0.2) is 5.43 Å². The van der Waals surface area contributed by atoms with E-state index in [-0.39, 0.29) is 36.1 Å². The molecule has 3 N–H and O–H groups in total. The first-order chi connectivity index (χ1) is 12.9. The molecule has 2 aromatic carbocycles. The molecule has 9 nitrogen and oxygen atoms in total. The molecule has 0 aliphatic carbocycles. The number of hydrogen-bond acceptors (Lipinski definition) is 7. The van der Waals surface area contributed by atoms with Gasteiger partial charge in [0.2, 0.25) is 11.7 Å². The van der Waals surface area contributed by atoms with Crippen molar-refractivity contribution < 1.29 is 19.2 Å². The SMILES string of the molecule is CCOc1c(OC)cc(/C=N\NC(=O)Cc2ccc(N)cc2)cc1[N+](=O)[O-]. The Morgan fingerprint density at radius 1 is 1.33 bits per heavy atom. The normalized spacial score (nSPS) is 10.6. The number of hydrogen-bond donors (Lipinski definition) is 2. The van der Waals surface area contributed by atoms with Crippen molar-refractivity contribution in [2.45, 2.75) is 13.3 Å². The number of rotatable bonds is 8. The van der Waals surface area contributed by atoms with E-state index in [1.807, 2.05) is 0 Å². The third kappa shape index (κ3) is 5.43. The van der Waals surface area contributed by atoms with Crippen LogP contribution < -0.4 is 20.6 Å². The molecule has 0 spiro atoms. The number of nitro benzene ring substituents is 1. The molecule has 0 atom stereocenters. The molecule has 2 rings (SSSR count). The minimum Gasteiger partial charge on any atom is -0.493 e. The van der Waals surface area contributed by atoms with E-state index in [2.05, 4.69) is 10.5 Å². The van der Waals surface area contributed by atoms with Crippen molar-refractivity contribution >= 4 is 23.5 Å². The van der Waals surface area contributed by atoms with Gasteiger partial charge in [-0.3, -0.25) is 14.9 Å². The van der Waals surface area contributed by atoms with E-state index in [1.54, 1.807) is 31.2 Å². The molecule has 27 heavy (non-hydrogen) atoms. The van der Waals surface area contributed by atoms with Gasteiger partial charge >= 0.3 is 5.69 Å². The van der Waals surface area contributed by atoms with Crippen LogP contribution in [-0.4, -0.2) is 30.8 Å². The number of methoxy groups -OCH3 is 1. The van der Waals surface area contributed by atoms with Crippen LogP contribution in [0.25, 0.3) is 0 Å². The van der Waals surface area contributed by atoms with E-state index in [4.69, 9.17) is 15.2 Å². The fourth-order valence-electron chi connectivity index (χ4n) is 2.30. The zero-order valence-corrected chi connectivity index (χ0v) is 15.0. The Bertz CT molecular complexity index is 850. The van der Waals surface area contributed by atoms with Crippen molar-refractivity contribution in [1.29, 1.82) is 0 Å². The first-order valence-corrected chi connectivity index (χ1v) is 8.10. The molecule has 1 amide bonds. The lowest BCUT2D eigenvalue weighted by Crippen LogP contribution is -2.19. The van der Waals surface area contributed by atoms with E-state index in [9.17, 15) is 14.9 Å². The topological polar surface area (TPSA) is 129 Å². The number of hydrazone groups is 1. The average molecular weight is 372 g/mol. The Morgan fingerprint density at radius 2 is 2.04 bits per heavy atom. The molecule has 0 heterocycles. The van der Waals surface area contributed by atoms with Crippen molar-refractivity contribution in [3.8, 4) is 11.5 Å². The second-order valence-electron chi connectivity index (χ2n) is 5.47. The summed E-state index contributed by atoms with van der Waals surface area (Å²) in [5.74, 6) is -0.0707. The Hall–Kier alpha value is -3.62. The van der Waals surface area contributed by atoms with Crippen molar-refractivity contribution in [2.75, 3.05) is 19.5 Å². The number of nitrogen functional groups attached to an aromatic ring is 1. The standard InChI is InChI=1S/C18H20N4O5/c1-3-27-18-15(22(24)25)8-13(9-16(18)26-2)11-20-21-17(23)10-12-4-6-14(19)7-5-12/h4-9,11H,3,10,19H2,1-2H3,(H,21,23)/b20-11-. The number of benzene rings is 2. The summed E-state index contributed by atoms with van der Waals surface area (Å²) in [6.45, 7) is 1.97. The number of carbonyl (C=O) groups excluding carboxylic acids is 1. The molecule has 9 heteroatoms. The molecular formula is C18H20N4O5. The Morgan fingerprint density at radius 3 is 2.63 bits per heavy atom. The van der Waals surface area contributed by atoms with Crippen LogP contribution in [0, 0.1) is 10.1 Å². The molecule has 0 radical (unpaired) electrons. The summed E-state index contributed by atoms with van der Waals surface area (Å²) in [6, 6.07) is 9.74. The van der Waals surface area contributed by atoms with Crippen LogP contribution in [0.15, 0.2) is 41.5 Å². The van der Waals surface area contributed by atoms with Crippen LogP contribution in [0.2, 0.25) is 0 Å². The van der Waals surface area contributed by atoms with Gasteiger partial charge in [0.1, 0.15) is 0 Å². The number of nitrogens with two attached hydrogens (primary N) is 1. The molecule has 142 valence electrons. The highest BCUT2D eigenvalue weighted by Crippen LogP contribution is 2.37. The monoisotopic (exact) mass is 372 g/mol. The van der Waals surface area contributed by atoms with Gasteiger partial charge in [0, 0.05) is 17.3 Å². The van der Waals surface area contributed by atoms with Crippen molar-refractivity contribution in [2.24, 2.45) is 5.10 Å². The maximum Gasteiger partial charge on any atom is 0.315 e. The molecule has 0 unspecified atom stereocenters. The highest BCUT2D eigenvalue weighted by molar-refractivity contribution is 5.85. The molecule has 0 aromatic heterocycles. The van der Waals surface area contributed by atoms with Gasteiger partial charge in [0.05, 0.1) is 31.3 Å². The van der Waals surface area contributed by atoms with Crippen molar-refractivity contribution in [1.82, 2.24) is 5.43 Å². The second-order valence-corrected chi connectivity index (χ2v) is 5.47. The predicted octanol–water partition coefficient (Wildman–Crippen LogP) is 2.28. The zero-order chi connectivity index (χ0) is 19.8. The molecule has 0 aliphatic heterocycles. The van der Waals surface area contributed by atoms with Crippen LogP contribution in [0.4, 0.5) is 11.4 Å². The maximum atomic E-state index is 11.9. The largest absolute Gasteiger partial charge is 0.493 e. The number of anilines is 1. The molecule has 0 saturated carbocycles. The molecular weight excluding hydrogens is 352 g/mol. The smallest absolute Gasteiger partial charge is 0.315 e. The van der Waals surface area contributed by atoms with Crippen LogP contribution in [-0.2, 0) is 11.2 Å². The summed E-state index contributed by atoms with van der Waals surface area (Å²) in [6.07, 6.45) is 1.43. The second kappa shape index (κ2) is 9.18. The van der Waals surface area contributed by atoms with Crippen LogP contribution in [0.3, 0.4) is 0 Å². The molecule has 0 saturated heterocycles. The van der Waals surface area contributed by atoms with Crippen LogP contribution in [0.5, 0.6) is 11.5 Å². The summed E-state index contributed by atoms with van der Waals surface area (Å²) in [7, 11) is 1.39. The van der Waals surface area contributed by atoms with E-state index < -0.39 is 4.92 Å². The predicted molar refractivity (Wildman–Crippen MR) is 101 cm³/mol. The number of ether oxygens (including phenoxy) is 2. The van der Waals surface area contributed by atoms with Gasteiger partial charge in [-0.15, -0.1) is 0 Å². The Labute approximate surface area is 155 Å². The fraction of sp³-hybridized carbons (Fsp3) is 0.222. The number of amides is 1. The maximum absolute atomic E-state index is 11.9. The number of carbonyl (C=O) groups is 1. The summed E-state index contributed by atoms with van der Waals surface area (Å²) in [4.78, 5) is 22.6. The van der Waals surface area contributed by atoms with Gasteiger partial charge in [-0.05, 0) is 30.7 Å². The van der Waals surface area contributed by atoms with Crippen molar-refractivity contribution in [3.63, 3.8) is 0 Å². The van der Waals surface area contributed by atoms with Gasteiger partial charge in [-0.2, -0.15) is 5.10 Å². The van der Waals surface area contributed by atoms with E-state index >= 15 is 0 Å². The van der Waals surface area contributed by atoms with Gasteiger partial charge < -0.3 is 15.2 Å². The number of nitro groups is 1. The fourth-order valence-corrected chi connectivity index (χ4v) is 2.30. The van der Waals surface area contributed by atoms with E-state index in [1.165, 1.54) is 25.5 Å². The Balaban J connectivity index is 2.11. The van der Waals surface area contributed by atoms with Gasteiger partial charge in [0.25, 0.3) is 0 Å². The van der Waals surface area contributed by atoms with Gasteiger partial charge in [-0.1, -0.05) is 12.1 Å². The van der Waals surface area contributed by atoms with E-state index in [0.717, 1.165) is 5.56 Å². The van der Waals surface area contributed by atoms with E-state index in [0.29, 0.717) is 11.3 Å². The molecule has 0 bridgehead atoms. The summed E-state index contributed by atoms with van der Waals surface area (Å²) in [5, 5.41) is 15.1. The first-order valence-electron chi connectivity index (χ1n) is 8.10. The van der Waals surface area contributed by atoms with Crippen molar-refractivity contribution in [3.05, 3.63) is 57.6 Å².